The van der Waals surface area contributed by atoms with Crippen LogP contribution in [0.1, 0.15) is 30.8 Å². The molecule has 2 rings (SSSR count). The van der Waals surface area contributed by atoms with Crippen molar-refractivity contribution >= 4 is 0 Å². The predicted molar refractivity (Wildman–Crippen MR) is 50.4 cm³/mol. The number of hydrogen-bond donors (Lipinski definition) is 0. The second-order valence-corrected chi connectivity index (χ2v) is 4.06. The van der Waals surface area contributed by atoms with Gasteiger partial charge in [-0.05, 0) is 32.9 Å². The Bertz CT molecular complexity index is 285. The summed E-state index contributed by atoms with van der Waals surface area (Å²) >= 11 is 0. The molecule has 1 saturated heterocycles. The van der Waals surface area contributed by atoms with Crippen molar-refractivity contribution in [2.75, 3.05) is 13.6 Å². The zero-order chi connectivity index (χ0) is 9.42. The van der Waals surface area contributed by atoms with Crippen LogP contribution in [0.3, 0.4) is 0 Å². The molecule has 1 aliphatic rings. The Morgan fingerprint density at radius 1 is 1.62 bits per heavy atom. The molecule has 0 bridgehead atoms. The molecule has 2 unspecified atom stereocenters. The van der Waals surface area contributed by atoms with Gasteiger partial charge in [0.25, 0.3) is 0 Å². The van der Waals surface area contributed by atoms with Crippen LogP contribution in [-0.4, -0.2) is 23.6 Å². The summed E-state index contributed by atoms with van der Waals surface area (Å²) < 4.78 is 5.30. The summed E-state index contributed by atoms with van der Waals surface area (Å²) in [6, 6.07) is 2.48. The maximum Gasteiger partial charge on any atom is 0.154 e. The smallest absolute Gasteiger partial charge is 0.154 e. The van der Waals surface area contributed by atoms with E-state index in [4.69, 9.17) is 4.52 Å². The summed E-state index contributed by atoms with van der Waals surface area (Å²) in [5.41, 5.74) is 0.975. The Balaban J connectivity index is 2.24. The quantitative estimate of drug-likeness (QED) is 0.662. The number of aryl methyl sites for hydroxylation is 1. The Morgan fingerprint density at radius 2 is 2.38 bits per heavy atom. The van der Waals surface area contributed by atoms with Crippen LogP contribution < -0.4 is 0 Å². The highest BCUT2D eigenvalue weighted by Gasteiger charge is 2.32. The Labute approximate surface area is 78.7 Å². The first-order valence-corrected chi connectivity index (χ1v) is 4.82. The summed E-state index contributed by atoms with van der Waals surface area (Å²) in [4.78, 5) is 2.34. The Kier molecular flexibility index (Phi) is 2.12. The van der Waals surface area contributed by atoms with Crippen molar-refractivity contribution < 1.29 is 4.52 Å². The van der Waals surface area contributed by atoms with E-state index in [0.29, 0.717) is 12.0 Å². The number of likely N-dealkylation sites (tertiary alicyclic amines) is 1. The lowest BCUT2D eigenvalue weighted by Crippen LogP contribution is -2.19. The zero-order valence-electron chi connectivity index (χ0n) is 8.45. The van der Waals surface area contributed by atoms with E-state index in [1.54, 1.807) is 0 Å². The fourth-order valence-corrected chi connectivity index (χ4v) is 2.16. The van der Waals surface area contributed by atoms with E-state index < -0.39 is 0 Å². The molecule has 0 aromatic carbocycles. The van der Waals surface area contributed by atoms with Crippen molar-refractivity contribution in [3.05, 3.63) is 17.5 Å². The lowest BCUT2D eigenvalue weighted by atomic mass is 10.0. The van der Waals surface area contributed by atoms with Crippen LogP contribution in [0, 0.1) is 12.8 Å². The molecule has 0 spiro atoms. The van der Waals surface area contributed by atoms with Gasteiger partial charge in [-0.25, -0.2) is 0 Å². The lowest BCUT2D eigenvalue weighted by molar-refractivity contribution is 0.225. The van der Waals surface area contributed by atoms with Crippen LogP contribution >= 0.6 is 0 Å². The van der Waals surface area contributed by atoms with Crippen molar-refractivity contribution in [1.29, 1.82) is 0 Å². The molecule has 1 aromatic heterocycles. The monoisotopic (exact) mass is 180 g/mol. The minimum atomic E-state index is 0.432. The molecule has 13 heavy (non-hydrogen) atoms. The van der Waals surface area contributed by atoms with Gasteiger partial charge >= 0.3 is 0 Å². The van der Waals surface area contributed by atoms with Crippen LogP contribution in [0.5, 0.6) is 0 Å². The summed E-state index contributed by atoms with van der Waals surface area (Å²) in [6.45, 7) is 5.39. The highest BCUT2D eigenvalue weighted by atomic mass is 16.5. The Hall–Kier alpha value is -0.830. The maximum absolute atomic E-state index is 5.30. The lowest BCUT2D eigenvalue weighted by Gasteiger charge is -2.19. The highest BCUT2D eigenvalue weighted by molar-refractivity contribution is 5.10. The molecule has 3 nitrogen and oxygen atoms in total. The normalized spacial score (nSPS) is 29.8. The number of aromatic nitrogens is 1. The van der Waals surface area contributed by atoms with Gasteiger partial charge in [-0.3, -0.25) is 4.90 Å². The molecular weight excluding hydrogens is 164 g/mol. The molecule has 3 heteroatoms. The maximum atomic E-state index is 5.30. The van der Waals surface area contributed by atoms with Gasteiger partial charge in [0, 0.05) is 6.07 Å². The number of rotatable bonds is 1. The zero-order valence-corrected chi connectivity index (χ0v) is 8.45. The van der Waals surface area contributed by atoms with Gasteiger partial charge in [0.15, 0.2) is 5.76 Å². The van der Waals surface area contributed by atoms with Gasteiger partial charge in [-0.2, -0.15) is 0 Å². The van der Waals surface area contributed by atoms with Crippen molar-refractivity contribution in [1.82, 2.24) is 10.1 Å². The topological polar surface area (TPSA) is 29.3 Å². The minimum absolute atomic E-state index is 0.432. The second-order valence-electron chi connectivity index (χ2n) is 4.06. The molecule has 2 atom stereocenters. The molecule has 72 valence electrons. The first-order chi connectivity index (χ1) is 6.18. The van der Waals surface area contributed by atoms with Crippen LogP contribution in [0.4, 0.5) is 0 Å². The van der Waals surface area contributed by atoms with E-state index in [2.05, 4.69) is 24.0 Å². The van der Waals surface area contributed by atoms with Crippen LogP contribution in [0.25, 0.3) is 0 Å². The molecule has 1 aromatic rings. The van der Waals surface area contributed by atoms with Crippen molar-refractivity contribution in [2.24, 2.45) is 5.92 Å². The van der Waals surface area contributed by atoms with E-state index >= 15 is 0 Å². The van der Waals surface area contributed by atoms with Gasteiger partial charge < -0.3 is 4.52 Å². The third kappa shape index (κ3) is 1.48. The van der Waals surface area contributed by atoms with Gasteiger partial charge in [0.2, 0.25) is 0 Å². The number of hydrogen-bond acceptors (Lipinski definition) is 3. The summed E-state index contributed by atoms with van der Waals surface area (Å²) in [5.74, 6) is 1.70. The van der Waals surface area contributed by atoms with Crippen LogP contribution in [0.2, 0.25) is 0 Å². The summed E-state index contributed by atoms with van der Waals surface area (Å²) in [5, 5.41) is 3.93. The van der Waals surface area contributed by atoms with Gasteiger partial charge in [-0.15, -0.1) is 0 Å². The summed E-state index contributed by atoms with van der Waals surface area (Å²) in [7, 11) is 2.14. The van der Waals surface area contributed by atoms with E-state index in [-0.39, 0.29) is 0 Å². The van der Waals surface area contributed by atoms with E-state index in [0.717, 1.165) is 18.0 Å². The third-order valence-corrected chi connectivity index (χ3v) is 2.89. The molecular formula is C10H16N2O. The van der Waals surface area contributed by atoms with Gasteiger partial charge in [-0.1, -0.05) is 12.1 Å². The molecule has 1 aliphatic heterocycles. The van der Waals surface area contributed by atoms with Gasteiger partial charge in [0.05, 0.1) is 11.7 Å². The second kappa shape index (κ2) is 3.14. The first kappa shape index (κ1) is 8.75. The molecule has 0 saturated carbocycles. The average molecular weight is 180 g/mol. The first-order valence-electron chi connectivity index (χ1n) is 4.82. The molecule has 1 fully saturated rings. The van der Waals surface area contributed by atoms with Crippen molar-refractivity contribution in [3.63, 3.8) is 0 Å². The predicted octanol–water partition coefficient (Wildman–Crippen LogP) is 2.00. The average Bonchev–Trinajstić information content (AvgIpc) is 2.60. The number of nitrogens with zero attached hydrogens (tertiary/aromatic N) is 2. The molecule has 2 heterocycles. The molecule has 0 aliphatic carbocycles. The largest absolute Gasteiger partial charge is 0.359 e. The minimum Gasteiger partial charge on any atom is -0.359 e. The SMILES string of the molecule is Cc1cc(C2C(C)CCN2C)on1. The summed E-state index contributed by atoms with van der Waals surface area (Å²) in [6.07, 6.45) is 1.25. The fraction of sp³-hybridized carbons (Fsp3) is 0.700. The Morgan fingerprint density at radius 3 is 2.85 bits per heavy atom. The van der Waals surface area contributed by atoms with Crippen LogP contribution in [0.15, 0.2) is 10.6 Å². The van der Waals surface area contributed by atoms with E-state index in [1.165, 1.54) is 6.42 Å². The van der Waals surface area contributed by atoms with Gasteiger partial charge in [0.1, 0.15) is 0 Å². The van der Waals surface area contributed by atoms with Crippen molar-refractivity contribution in [3.8, 4) is 0 Å². The highest BCUT2D eigenvalue weighted by Crippen LogP contribution is 2.35. The standard InChI is InChI=1S/C10H16N2O/c1-7-4-5-12(3)10(7)9-6-8(2)11-13-9/h6-7,10H,4-5H2,1-3H3. The fourth-order valence-electron chi connectivity index (χ4n) is 2.16. The molecule has 0 radical (unpaired) electrons. The molecule has 0 N–H and O–H groups in total. The molecule has 0 amide bonds. The van der Waals surface area contributed by atoms with Crippen LogP contribution in [-0.2, 0) is 0 Å². The van der Waals surface area contributed by atoms with E-state index in [9.17, 15) is 0 Å². The third-order valence-electron chi connectivity index (χ3n) is 2.89. The van der Waals surface area contributed by atoms with Crippen molar-refractivity contribution in [2.45, 2.75) is 26.3 Å². The van der Waals surface area contributed by atoms with E-state index in [1.807, 2.05) is 13.0 Å².